The standard InChI is InChI=1S/C12H8Br2FIN2/c13-6-1-2-9(16)11(3-6)18-12-5-8(15)7(14)4-10(12)17/h1-5,18H,17H2. The second-order valence-corrected chi connectivity index (χ2v) is 6.53. The molecule has 18 heavy (non-hydrogen) atoms. The van der Waals surface area contributed by atoms with E-state index in [1.54, 1.807) is 6.07 Å². The molecule has 0 saturated heterocycles. The summed E-state index contributed by atoms with van der Waals surface area (Å²) >= 11 is 8.70. The minimum Gasteiger partial charge on any atom is -0.397 e. The Morgan fingerprint density at radius 3 is 2.56 bits per heavy atom. The molecule has 2 rings (SSSR count). The van der Waals surface area contributed by atoms with E-state index < -0.39 is 0 Å². The van der Waals surface area contributed by atoms with Gasteiger partial charge in [-0.15, -0.1) is 0 Å². The fourth-order valence-corrected chi connectivity index (χ4v) is 2.60. The fourth-order valence-electron chi connectivity index (χ4n) is 1.41. The summed E-state index contributed by atoms with van der Waals surface area (Å²) in [6.45, 7) is 0. The molecule has 0 amide bonds. The number of rotatable bonds is 2. The largest absolute Gasteiger partial charge is 0.397 e. The first-order valence-electron chi connectivity index (χ1n) is 4.94. The Balaban J connectivity index is 2.40. The van der Waals surface area contributed by atoms with Gasteiger partial charge in [-0.2, -0.15) is 0 Å². The van der Waals surface area contributed by atoms with Crippen LogP contribution in [-0.4, -0.2) is 0 Å². The van der Waals surface area contributed by atoms with Gasteiger partial charge in [0.05, 0.1) is 21.5 Å². The summed E-state index contributed by atoms with van der Waals surface area (Å²) in [6, 6.07) is 8.73. The molecule has 0 aliphatic rings. The minimum absolute atomic E-state index is 0.350. The zero-order valence-corrected chi connectivity index (χ0v) is 14.3. The number of hydrogen-bond donors (Lipinski definition) is 2. The fraction of sp³-hybridized carbons (Fsp3) is 0. The molecular weight excluding hydrogens is 478 g/mol. The van der Waals surface area contributed by atoms with Crippen molar-refractivity contribution in [3.63, 3.8) is 0 Å². The van der Waals surface area contributed by atoms with E-state index in [2.05, 4.69) is 59.8 Å². The minimum atomic E-state index is -0.350. The summed E-state index contributed by atoms with van der Waals surface area (Å²) in [5.41, 5.74) is 7.76. The van der Waals surface area contributed by atoms with Crippen molar-refractivity contribution in [2.75, 3.05) is 11.1 Å². The predicted molar refractivity (Wildman–Crippen MR) is 88.7 cm³/mol. The molecule has 0 atom stereocenters. The van der Waals surface area contributed by atoms with E-state index >= 15 is 0 Å². The molecule has 0 unspecified atom stereocenters. The van der Waals surface area contributed by atoms with Crippen molar-refractivity contribution in [3.8, 4) is 0 Å². The summed E-state index contributed by atoms with van der Waals surface area (Å²) in [7, 11) is 0. The van der Waals surface area contributed by atoms with Gasteiger partial charge >= 0.3 is 0 Å². The van der Waals surface area contributed by atoms with Crippen molar-refractivity contribution >= 4 is 71.5 Å². The van der Waals surface area contributed by atoms with Crippen LogP contribution in [0, 0.1) is 9.39 Å². The summed E-state index contributed by atoms with van der Waals surface area (Å²) in [6.07, 6.45) is 0. The number of nitrogens with one attached hydrogen (secondary N) is 1. The highest BCUT2D eigenvalue weighted by molar-refractivity contribution is 14.1. The van der Waals surface area contributed by atoms with Gasteiger partial charge in [0.2, 0.25) is 0 Å². The Labute approximate surface area is 135 Å². The SMILES string of the molecule is Nc1cc(Br)c(F)cc1Nc1cc(Br)ccc1I. The van der Waals surface area contributed by atoms with Gasteiger partial charge in [-0.1, -0.05) is 15.9 Å². The Kier molecular flexibility index (Phi) is 4.50. The van der Waals surface area contributed by atoms with E-state index in [9.17, 15) is 4.39 Å². The van der Waals surface area contributed by atoms with Gasteiger partial charge in [-0.05, 0) is 62.8 Å². The molecule has 94 valence electrons. The van der Waals surface area contributed by atoms with E-state index in [4.69, 9.17) is 5.73 Å². The first-order valence-corrected chi connectivity index (χ1v) is 7.60. The van der Waals surface area contributed by atoms with Gasteiger partial charge in [0.25, 0.3) is 0 Å². The Bertz CT molecular complexity index is 605. The third-order valence-electron chi connectivity index (χ3n) is 2.29. The zero-order valence-electron chi connectivity index (χ0n) is 8.98. The molecule has 0 aliphatic heterocycles. The maximum Gasteiger partial charge on any atom is 0.139 e. The lowest BCUT2D eigenvalue weighted by molar-refractivity contribution is 0.622. The van der Waals surface area contributed by atoms with Crippen LogP contribution in [0.5, 0.6) is 0 Å². The van der Waals surface area contributed by atoms with Crippen LogP contribution >= 0.6 is 54.5 Å². The highest BCUT2D eigenvalue weighted by atomic mass is 127. The van der Waals surface area contributed by atoms with Crippen LogP contribution in [0.1, 0.15) is 0 Å². The number of nitrogen functional groups attached to an aromatic ring is 1. The average molecular weight is 486 g/mol. The van der Waals surface area contributed by atoms with E-state index in [0.717, 1.165) is 13.7 Å². The molecule has 0 fully saturated rings. The summed E-state index contributed by atoms with van der Waals surface area (Å²) in [5, 5.41) is 3.13. The molecule has 2 aromatic rings. The highest BCUT2D eigenvalue weighted by Gasteiger charge is 2.08. The summed E-state index contributed by atoms with van der Waals surface area (Å²) in [5.74, 6) is -0.350. The van der Waals surface area contributed by atoms with E-state index in [0.29, 0.717) is 15.8 Å². The number of nitrogens with two attached hydrogens (primary N) is 1. The van der Waals surface area contributed by atoms with Crippen molar-refractivity contribution in [1.82, 2.24) is 0 Å². The molecule has 0 aromatic heterocycles. The molecule has 3 N–H and O–H groups in total. The maximum absolute atomic E-state index is 13.5. The quantitative estimate of drug-likeness (QED) is 0.448. The molecule has 0 bridgehead atoms. The number of anilines is 3. The van der Waals surface area contributed by atoms with E-state index in [1.807, 2.05) is 18.2 Å². The lowest BCUT2D eigenvalue weighted by Gasteiger charge is -2.12. The summed E-state index contributed by atoms with van der Waals surface area (Å²) in [4.78, 5) is 0. The average Bonchev–Trinajstić information content (AvgIpc) is 2.30. The van der Waals surface area contributed by atoms with Crippen LogP contribution in [0.15, 0.2) is 39.3 Å². The summed E-state index contributed by atoms with van der Waals surface area (Å²) < 4.78 is 15.8. The Morgan fingerprint density at radius 1 is 1.11 bits per heavy atom. The van der Waals surface area contributed by atoms with Crippen LogP contribution in [0.25, 0.3) is 0 Å². The smallest absolute Gasteiger partial charge is 0.139 e. The zero-order chi connectivity index (χ0) is 13.3. The van der Waals surface area contributed by atoms with Crippen LogP contribution < -0.4 is 11.1 Å². The van der Waals surface area contributed by atoms with Gasteiger partial charge in [-0.3, -0.25) is 0 Å². The number of hydrogen-bond acceptors (Lipinski definition) is 2. The first kappa shape index (κ1) is 14.1. The molecule has 0 spiro atoms. The molecular formula is C12H8Br2FIN2. The topological polar surface area (TPSA) is 38.0 Å². The van der Waals surface area contributed by atoms with Crippen molar-refractivity contribution in [2.45, 2.75) is 0 Å². The van der Waals surface area contributed by atoms with Crippen LogP contribution in [0.2, 0.25) is 0 Å². The Morgan fingerprint density at radius 2 is 1.83 bits per heavy atom. The van der Waals surface area contributed by atoms with Crippen LogP contribution in [0.3, 0.4) is 0 Å². The molecule has 2 aromatic carbocycles. The molecule has 0 aliphatic carbocycles. The lowest BCUT2D eigenvalue weighted by Crippen LogP contribution is -1.99. The maximum atomic E-state index is 13.5. The molecule has 6 heteroatoms. The monoisotopic (exact) mass is 484 g/mol. The predicted octanol–water partition coefficient (Wildman–Crippen LogP) is 5.28. The normalized spacial score (nSPS) is 10.4. The van der Waals surface area contributed by atoms with Crippen LogP contribution in [0.4, 0.5) is 21.5 Å². The Hall–Kier alpha value is -0.340. The van der Waals surface area contributed by atoms with Gasteiger partial charge in [0.15, 0.2) is 0 Å². The van der Waals surface area contributed by atoms with Crippen molar-refractivity contribution in [1.29, 1.82) is 0 Å². The third-order valence-corrected chi connectivity index (χ3v) is 4.33. The van der Waals surface area contributed by atoms with E-state index in [-0.39, 0.29) is 5.82 Å². The highest BCUT2D eigenvalue weighted by Crippen LogP contribution is 2.31. The molecule has 0 heterocycles. The van der Waals surface area contributed by atoms with Gasteiger partial charge < -0.3 is 11.1 Å². The van der Waals surface area contributed by atoms with Crippen molar-refractivity contribution in [2.24, 2.45) is 0 Å². The number of benzene rings is 2. The lowest BCUT2D eigenvalue weighted by atomic mass is 10.2. The second kappa shape index (κ2) is 5.75. The van der Waals surface area contributed by atoms with Gasteiger partial charge in [0, 0.05) is 14.1 Å². The first-order chi connectivity index (χ1) is 8.47. The van der Waals surface area contributed by atoms with Gasteiger partial charge in [0.1, 0.15) is 5.82 Å². The molecule has 0 radical (unpaired) electrons. The molecule has 0 saturated carbocycles. The van der Waals surface area contributed by atoms with Gasteiger partial charge in [-0.25, -0.2) is 4.39 Å². The molecule has 2 nitrogen and oxygen atoms in total. The third kappa shape index (κ3) is 3.16. The van der Waals surface area contributed by atoms with E-state index in [1.165, 1.54) is 6.07 Å². The van der Waals surface area contributed by atoms with Crippen molar-refractivity contribution in [3.05, 3.63) is 48.7 Å². The number of halogens is 4. The van der Waals surface area contributed by atoms with Crippen molar-refractivity contribution < 1.29 is 4.39 Å². The van der Waals surface area contributed by atoms with Crippen LogP contribution in [-0.2, 0) is 0 Å². The second-order valence-electron chi connectivity index (χ2n) is 3.60.